The van der Waals surface area contributed by atoms with Crippen LogP contribution in [0.2, 0.25) is 0 Å². The molecule has 0 saturated heterocycles. The monoisotopic (exact) mass is 371 g/mol. The van der Waals surface area contributed by atoms with Crippen molar-refractivity contribution < 1.29 is 9.59 Å². The topological polar surface area (TPSA) is 112 Å². The summed E-state index contributed by atoms with van der Waals surface area (Å²) >= 11 is 0. The van der Waals surface area contributed by atoms with E-state index < -0.39 is 11.9 Å². The first kappa shape index (κ1) is 17.7. The molecule has 2 amide bonds. The Morgan fingerprint density at radius 2 is 2.04 bits per heavy atom. The smallest absolute Gasteiger partial charge is 0.277 e. The fraction of sp³-hybridized carbons (Fsp3) is 0.611. The summed E-state index contributed by atoms with van der Waals surface area (Å²) in [6.45, 7) is 3.05. The van der Waals surface area contributed by atoms with Crippen molar-refractivity contribution in [3.05, 3.63) is 28.8 Å². The molecular formula is C18H25N7O2. The second-order valence-electron chi connectivity index (χ2n) is 7.58. The molecule has 0 bridgehead atoms. The van der Waals surface area contributed by atoms with Gasteiger partial charge in [0.2, 0.25) is 5.91 Å². The van der Waals surface area contributed by atoms with Gasteiger partial charge in [-0.15, -0.1) is 5.10 Å². The number of aryl methyl sites for hydroxylation is 1. The van der Waals surface area contributed by atoms with E-state index in [1.807, 2.05) is 18.7 Å². The van der Waals surface area contributed by atoms with Crippen molar-refractivity contribution in [1.82, 2.24) is 29.7 Å². The summed E-state index contributed by atoms with van der Waals surface area (Å²) in [7, 11) is 1.83. The summed E-state index contributed by atoms with van der Waals surface area (Å²) in [6, 6.07) is -0.825. The predicted octanol–water partition coefficient (Wildman–Crippen LogP) is 0.735. The fourth-order valence-corrected chi connectivity index (χ4v) is 4.37. The highest BCUT2D eigenvalue weighted by Gasteiger charge is 2.38. The van der Waals surface area contributed by atoms with Gasteiger partial charge in [-0.2, -0.15) is 5.10 Å². The molecule has 1 aliphatic heterocycles. The van der Waals surface area contributed by atoms with Crippen LogP contribution in [0.1, 0.15) is 59.2 Å². The molecule has 27 heavy (non-hydrogen) atoms. The Bertz CT molecular complexity index is 878. The number of nitrogens with zero attached hydrogens (tertiary/aromatic N) is 6. The lowest BCUT2D eigenvalue weighted by atomic mass is 9.98. The Morgan fingerprint density at radius 3 is 2.74 bits per heavy atom. The number of nitrogens with two attached hydrogens (primary N) is 1. The Balaban J connectivity index is 1.60. The fourth-order valence-electron chi connectivity index (χ4n) is 4.37. The molecule has 0 aromatic carbocycles. The zero-order valence-corrected chi connectivity index (χ0v) is 15.8. The van der Waals surface area contributed by atoms with Crippen molar-refractivity contribution >= 4 is 11.8 Å². The highest BCUT2D eigenvalue weighted by molar-refractivity contribution is 5.97. The van der Waals surface area contributed by atoms with Gasteiger partial charge in [-0.3, -0.25) is 14.3 Å². The molecule has 2 aromatic heterocycles. The second kappa shape index (κ2) is 6.79. The predicted molar refractivity (Wildman–Crippen MR) is 96.6 cm³/mol. The Labute approximate surface area is 157 Å². The molecule has 1 saturated carbocycles. The van der Waals surface area contributed by atoms with E-state index >= 15 is 0 Å². The quantitative estimate of drug-likeness (QED) is 0.852. The van der Waals surface area contributed by atoms with Crippen molar-refractivity contribution in [2.24, 2.45) is 18.7 Å². The minimum absolute atomic E-state index is 0.298. The number of amides is 2. The molecule has 4 rings (SSSR count). The van der Waals surface area contributed by atoms with Crippen molar-refractivity contribution in [2.45, 2.75) is 51.6 Å². The van der Waals surface area contributed by atoms with E-state index in [9.17, 15) is 9.59 Å². The van der Waals surface area contributed by atoms with Crippen molar-refractivity contribution in [2.75, 3.05) is 6.54 Å². The molecule has 9 nitrogen and oxygen atoms in total. The average molecular weight is 371 g/mol. The summed E-state index contributed by atoms with van der Waals surface area (Å²) in [5.74, 6) is -0.267. The highest BCUT2D eigenvalue weighted by atomic mass is 16.2. The van der Waals surface area contributed by atoms with Crippen molar-refractivity contribution in [3.63, 3.8) is 0 Å². The molecule has 0 spiro atoms. The molecule has 2 N–H and O–H groups in total. The molecular weight excluding hydrogens is 346 g/mol. The van der Waals surface area contributed by atoms with Gasteiger partial charge in [-0.25, -0.2) is 4.68 Å². The maximum atomic E-state index is 13.2. The van der Waals surface area contributed by atoms with Crippen molar-refractivity contribution in [3.8, 4) is 0 Å². The summed E-state index contributed by atoms with van der Waals surface area (Å²) in [6.07, 6.45) is 7.15. The van der Waals surface area contributed by atoms with Gasteiger partial charge < -0.3 is 10.6 Å². The molecule has 144 valence electrons. The molecule has 9 heteroatoms. The number of primary amides is 1. The van der Waals surface area contributed by atoms with Gasteiger partial charge in [-0.05, 0) is 25.7 Å². The second-order valence-corrected chi connectivity index (χ2v) is 7.58. The lowest BCUT2D eigenvalue weighted by molar-refractivity contribution is -0.123. The first-order valence-electron chi connectivity index (χ1n) is 9.48. The van der Waals surface area contributed by atoms with Gasteiger partial charge in [0.15, 0.2) is 5.69 Å². The van der Waals surface area contributed by atoms with Crippen LogP contribution in [0.5, 0.6) is 0 Å². The molecule has 1 atom stereocenters. The lowest BCUT2D eigenvalue weighted by Gasteiger charge is -2.33. The van der Waals surface area contributed by atoms with Crippen LogP contribution in [0.15, 0.2) is 6.20 Å². The average Bonchev–Trinajstić information content (AvgIpc) is 3.37. The zero-order chi connectivity index (χ0) is 19.1. The van der Waals surface area contributed by atoms with Gasteiger partial charge in [-0.1, -0.05) is 18.1 Å². The number of hydrogen-bond acceptors (Lipinski definition) is 5. The van der Waals surface area contributed by atoms with Gasteiger partial charge in [0.25, 0.3) is 5.91 Å². The van der Waals surface area contributed by atoms with Crippen LogP contribution in [-0.4, -0.2) is 48.0 Å². The SMILES string of the molecule is Cc1c(C(=O)N2CCc3c(cnn3C)C2C(N)=O)nnn1CC1CCCC1. The molecule has 2 aromatic rings. The first-order valence-corrected chi connectivity index (χ1v) is 9.48. The molecule has 1 unspecified atom stereocenters. The number of rotatable bonds is 4. The number of carbonyl (C=O) groups excluding carboxylic acids is 2. The van der Waals surface area contributed by atoms with Crippen LogP contribution in [0.25, 0.3) is 0 Å². The van der Waals surface area contributed by atoms with Crippen LogP contribution in [0, 0.1) is 12.8 Å². The van der Waals surface area contributed by atoms with E-state index in [1.54, 1.807) is 10.9 Å². The minimum atomic E-state index is -0.825. The van der Waals surface area contributed by atoms with Gasteiger partial charge in [0, 0.05) is 37.8 Å². The number of aromatic nitrogens is 5. The summed E-state index contributed by atoms with van der Waals surface area (Å²) < 4.78 is 3.55. The third-order valence-corrected chi connectivity index (χ3v) is 5.91. The van der Waals surface area contributed by atoms with Crippen LogP contribution < -0.4 is 5.73 Å². The van der Waals surface area contributed by atoms with E-state index in [0.717, 1.165) is 17.9 Å². The minimum Gasteiger partial charge on any atom is -0.368 e. The molecule has 0 radical (unpaired) electrons. The maximum Gasteiger partial charge on any atom is 0.277 e. The lowest BCUT2D eigenvalue weighted by Crippen LogP contribution is -2.46. The van der Waals surface area contributed by atoms with Crippen LogP contribution in [-0.2, 0) is 24.8 Å². The molecule has 1 fully saturated rings. The van der Waals surface area contributed by atoms with E-state index in [1.165, 1.54) is 30.6 Å². The standard InChI is InChI=1S/C18H25N7O2/c1-11-15(21-22-25(11)10-12-5-3-4-6-12)18(27)24-8-7-14-13(9-20-23(14)2)16(24)17(19)26/h9,12,16H,3-8,10H2,1-2H3,(H2,19,26). The zero-order valence-electron chi connectivity index (χ0n) is 15.8. The summed E-state index contributed by atoms with van der Waals surface area (Å²) in [5.41, 5.74) is 8.31. The van der Waals surface area contributed by atoms with E-state index in [4.69, 9.17) is 5.73 Å². The first-order chi connectivity index (χ1) is 13.0. The molecule has 1 aliphatic carbocycles. The summed E-state index contributed by atoms with van der Waals surface area (Å²) in [4.78, 5) is 26.8. The largest absolute Gasteiger partial charge is 0.368 e. The highest BCUT2D eigenvalue weighted by Crippen LogP contribution is 2.31. The number of hydrogen-bond donors (Lipinski definition) is 1. The van der Waals surface area contributed by atoms with Crippen molar-refractivity contribution in [1.29, 1.82) is 0 Å². The third kappa shape index (κ3) is 3.00. The summed E-state index contributed by atoms with van der Waals surface area (Å²) in [5, 5.41) is 12.6. The molecule has 3 heterocycles. The Hall–Kier alpha value is -2.71. The Morgan fingerprint density at radius 1 is 1.30 bits per heavy atom. The van der Waals surface area contributed by atoms with Crippen LogP contribution in [0.3, 0.4) is 0 Å². The van der Waals surface area contributed by atoms with E-state index in [0.29, 0.717) is 30.1 Å². The van der Waals surface area contributed by atoms with Crippen LogP contribution in [0.4, 0.5) is 0 Å². The van der Waals surface area contributed by atoms with Gasteiger partial charge in [0.1, 0.15) is 6.04 Å². The van der Waals surface area contributed by atoms with E-state index in [-0.39, 0.29) is 5.91 Å². The normalized spacial score (nSPS) is 20.1. The molecule has 2 aliphatic rings. The van der Waals surface area contributed by atoms with E-state index in [2.05, 4.69) is 15.4 Å². The number of fused-ring (bicyclic) bond motifs is 1. The third-order valence-electron chi connectivity index (χ3n) is 5.91. The van der Waals surface area contributed by atoms with Crippen LogP contribution >= 0.6 is 0 Å². The van der Waals surface area contributed by atoms with Gasteiger partial charge in [0.05, 0.1) is 11.9 Å². The van der Waals surface area contributed by atoms with Gasteiger partial charge >= 0.3 is 0 Å². The maximum absolute atomic E-state index is 13.2. The Kier molecular flexibility index (Phi) is 4.45. The number of carbonyl (C=O) groups is 2.